The second kappa shape index (κ2) is 8.20. The van der Waals surface area contributed by atoms with Gasteiger partial charge in [0.25, 0.3) is 0 Å². The Bertz CT molecular complexity index is 923. The number of carbonyl (C=O) groups is 1. The Hall–Kier alpha value is -3.23. The Morgan fingerprint density at radius 3 is 2.82 bits per heavy atom. The molecule has 1 fully saturated rings. The van der Waals surface area contributed by atoms with Crippen LogP contribution in [0.4, 0.5) is 4.79 Å². The summed E-state index contributed by atoms with van der Waals surface area (Å²) in [7, 11) is 0. The summed E-state index contributed by atoms with van der Waals surface area (Å²) in [6.07, 6.45) is 3.35. The molecular weight excluding hydrogens is 360 g/mol. The van der Waals surface area contributed by atoms with Crippen LogP contribution < -0.4 is 5.32 Å². The SMILES string of the molecule is Cc1noc([C@H]2CCCCN2C(=O)NCc2nc(Cc3ccccc3)no2)n1. The van der Waals surface area contributed by atoms with E-state index in [4.69, 9.17) is 9.05 Å². The van der Waals surface area contributed by atoms with Crippen LogP contribution in [-0.4, -0.2) is 37.8 Å². The Balaban J connectivity index is 1.35. The van der Waals surface area contributed by atoms with Crippen molar-refractivity contribution in [1.82, 2.24) is 30.5 Å². The third-order valence-electron chi connectivity index (χ3n) is 4.70. The summed E-state index contributed by atoms with van der Waals surface area (Å²) in [5.74, 6) is 2.02. The fourth-order valence-corrected chi connectivity index (χ4v) is 3.34. The van der Waals surface area contributed by atoms with E-state index in [0.29, 0.717) is 36.4 Å². The molecular formula is C19H22N6O3. The van der Waals surface area contributed by atoms with Gasteiger partial charge in [-0.2, -0.15) is 9.97 Å². The van der Waals surface area contributed by atoms with Gasteiger partial charge in [-0.15, -0.1) is 0 Å². The van der Waals surface area contributed by atoms with Crippen molar-refractivity contribution in [3.05, 3.63) is 59.3 Å². The predicted octanol–water partition coefficient (Wildman–Crippen LogP) is 2.79. The van der Waals surface area contributed by atoms with Crippen LogP contribution in [0.25, 0.3) is 0 Å². The van der Waals surface area contributed by atoms with Crippen molar-refractivity contribution < 1.29 is 13.8 Å². The molecule has 0 unspecified atom stereocenters. The standard InChI is InChI=1S/C19H22N6O3/c1-13-21-18(28-23-13)15-9-5-6-10-25(15)19(26)20-12-17-22-16(24-27-17)11-14-7-3-2-4-8-14/h2-4,7-8,15H,5-6,9-12H2,1H3,(H,20,26)/t15-/m1/s1. The highest BCUT2D eigenvalue weighted by atomic mass is 16.5. The first-order chi connectivity index (χ1) is 13.7. The molecule has 0 spiro atoms. The second-order valence-electron chi connectivity index (χ2n) is 6.81. The first-order valence-electron chi connectivity index (χ1n) is 9.39. The van der Waals surface area contributed by atoms with E-state index in [1.54, 1.807) is 11.8 Å². The van der Waals surface area contributed by atoms with Crippen LogP contribution in [0.15, 0.2) is 39.4 Å². The summed E-state index contributed by atoms with van der Waals surface area (Å²) in [6, 6.07) is 9.51. The number of piperidine rings is 1. The number of benzene rings is 1. The second-order valence-corrected chi connectivity index (χ2v) is 6.81. The molecule has 1 aliphatic rings. The minimum Gasteiger partial charge on any atom is -0.337 e. The minimum atomic E-state index is -0.205. The van der Waals surface area contributed by atoms with Gasteiger partial charge in [-0.25, -0.2) is 4.79 Å². The first-order valence-corrected chi connectivity index (χ1v) is 9.39. The number of rotatable bonds is 5. The zero-order chi connectivity index (χ0) is 19.3. The van der Waals surface area contributed by atoms with E-state index in [9.17, 15) is 4.79 Å². The van der Waals surface area contributed by atoms with Gasteiger partial charge in [0.1, 0.15) is 6.04 Å². The van der Waals surface area contributed by atoms with E-state index in [-0.39, 0.29) is 18.6 Å². The largest absolute Gasteiger partial charge is 0.337 e. The van der Waals surface area contributed by atoms with Gasteiger partial charge in [-0.1, -0.05) is 40.6 Å². The van der Waals surface area contributed by atoms with Crippen LogP contribution in [0.3, 0.4) is 0 Å². The highest BCUT2D eigenvalue weighted by molar-refractivity contribution is 5.74. The zero-order valence-electron chi connectivity index (χ0n) is 15.7. The van der Waals surface area contributed by atoms with Gasteiger partial charge < -0.3 is 19.3 Å². The van der Waals surface area contributed by atoms with E-state index >= 15 is 0 Å². The van der Waals surface area contributed by atoms with Crippen molar-refractivity contribution in [3.8, 4) is 0 Å². The van der Waals surface area contributed by atoms with Crippen LogP contribution in [0.1, 0.15) is 54.3 Å². The molecule has 3 heterocycles. The summed E-state index contributed by atoms with van der Waals surface area (Å²) in [6.45, 7) is 2.58. The molecule has 4 rings (SSSR count). The molecule has 2 aromatic heterocycles. The average Bonchev–Trinajstić information content (AvgIpc) is 3.36. The van der Waals surface area contributed by atoms with E-state index in [1.165, 1.54) is 0 Å². The Morgan fingerprint density at radius 1 is 1.18 bits per heavy atom. The predicted molar refractivity (Wildman–Crippen MR) is 98.1 cm³/mol. The smallest absolute Gasteiger partial charge is 0.318 e. The van der Waals surface area contributed by atoms with Crippen molar-refractivity contribution in [2.75, 3.05) is 6.54 Å². The van der Waals surface area contributed by atoms with Gasteiger partial charge >= 0.3 is 6.03 Å². The summed E-state index contributed by atoms with van der Waals surface area (Å²) in [5.41, 5.74) is 1.10. The van der Waals surface area contributed by atoms with Crippen molar-refractivity contribution in [1.29, 1.82) is 0 Å². The molecule has 9 heteroatoms. The number of nitrogens with one attached hydrogen (secondary N) is 1. The maximum atomic E-state index is 12.7. The number of hydrogen-bond acceptors (Lipinski definition) is 7. The molecule has 1 aliphatic heterocycles. The molecule has 3 aromatic rings. The molecule has 0 bridgehead atoms. The summed E-state index contributed by atoms with van der Waals surface area (Å²) < 4.78 is 10.5. The molecule has 0 radical (unpaired) electrons. The normalized spacial score (nSPS) is 16.9. The maximum absolute atomic E-state index is 12.7. The van der Waals surface area contributed by atoms with Gasteiger partial charge in [-0.3, -0.25) is 0 Å². The number of urea groups is 1. The fourth-order valence-electron chi connectivity index (χ4n) is 3.34. The van der Waals surface area contributed by atoms with E-state index < -0.39 is 0 Å². The number of likely N-dealkylation sites (tertiary alicyclic amines) is 1. The van der Waals surface area contributed by atoms with Gasteiger partial charge in [0.2, 0.25) is 11.8 Å². The van der Waals surface area contributed by atoms with Gasteiger partial charge in [0.05, 0.1) is 6.54 Å². The molecule has 0 aliphatic carbocycles. The van der Waals surface area contributed by atoms with E-state index in [1.807, 2.05) is 30.3 Å². The molecule has 1 aromatic carbocycles. The maximum Gasteiger partial charge on any atom is 0.318 e. The minimum absolute atomic E-state index is 0.173. The quantitative estimate of drug-likeness (QED) is 0.722. The van der Waals surface area contributed by atoms with Crippen molar-refractivity contribution >= 4 is 6.03 Å². The van der Waals surface area contributed by atoms with Crippen LogP contribution >= 0.6 is 0 Å². The monoisotopic (exact) mass is 382 g/mol. The number of carbonyl (C=O) groups excluding carboxylic acids is 1. The van der Waals surface area contributed by atoms with Crippen molar-refractivity contribution in [2.24, 2.45) is 0 Å². The van der Waals surface area contributed by atoms with Gasteiger partial charge in [-0.05, 0) is 31.7 Å². The Labute approximate surface area is 162 Å². The lowest BCUT2D eigenvalue weighted by molar-refractivity contribution is 0.131. The molecule has 1 atom stereocenters. The lowest BCUT2D eigenvalue weighted by Gasteiger charge is -2.33. The van der Waals surface area contributed by atoms with Crippen LogP contribution in [-0.2, 0) is 13.0 Å². The topological polar surface area (TPSA) is 110 Å². The first kappa shape index (κ1) is 18.1. The fraction of sp³-hybridized carbons (Fsp3) is 0.421. The third-order valence-corrected chi connectivity index (χ3v) is 4.70. The van der Waals surface area contributed by atoms with Crippen LogP contribution in [0, 0.1) is 6.92 Å². The molecule has 28 heavy (non-hydrogen) atoms. The van der Waals surface area contributed by atoms with Gasteiger partial charge in [0, 0.05) is 13.0 Å². The van der Waals surface area contributed by atoms with E-state index in [0.717, 1.165) is 24.8 Å². The van der Waals surface area contributed by atoms with Crippen molar-refractivity contribution in [2.45, 2.75) is 45.2 Å². The lowest BCUT2D eigenvalue weighted by Crippen LogP contribution is -2.44. The summed E-state index contributed by atoms with van der Waals surface area (Å²) in [5, 5.41) is 10.7. The number of hydrogen-bond donors (Lipinski definition) is 1. The number of aryl methyl sites for hydroxylation is 1. The van der Waals surface area contributed by atoms with Gasteiger partial charge in [0.15, 0.2) is 11.6 Å². The molecule has 1 N–H and O–H groups in total. The highest BCUT2D eigenvalue weighted by Gasteiger charge is 2.32. The highest BCUT2D eigenvalue weighted by Crippen LogP contribution is 2.29. The lowest BCUT2D eigenvalue weighted by atomic mass is 10.0. The zero-order valence-corrected chi connectivity index (χ0v) is 15.7. The molecule has 1 saturated heterocycles. The number of amides is 2. The van der Waals surface area contributed by atoms with E-state index in [2.05, 4.69) is 25.6 Å². The summed E-state index contributed by atoms with van der Waals surface area (Å²) in [4.78, 5) is 23.1. The van der Waals surface area contributed by atoms with Crippen molar-refractivity contribution in [3.63, 3.8) is 0 Å². The molecule has 9 nitrogen and oxygen atoms in total. The summed E-state index contributed by atoms with van der Waals surface area (Å²) >= 11 is 0. The average molecular weight is 382 g/mol. The molecule has 146 valence electrons. The third kappa shape index (κ3) is 4.19. The Morgan fingerprint density at radius 2 is 2.04 bits per heavy atom. The molecule has 0 saturated carbocycles. The number of nitrogens with zero attached hydrogens (tertiary/aromatic N) is 5. The van der Waals surface area contributed by atoms with Crippen LogP contribution in [0.2, 0.25) is 0 Å². The molecule has 2 amide bonds. The Kier molecular flexibility index (Phi) is 5.31. The van der Waals surface area contributed by atoms with Crippen LogP contribution in [0.5, 0.6) is 0 Å². The number of aromatic nitrogens is 4.